The summed E-state index contributed by atoms with van der Waals surface area (Å²) in [5.74, 6) is 0.339. The summed E-state index contributed by atoms with van der Waals surface area (Å²) < 4.78 is 68.2. The van der Waals surface area contributed by atoms with Gasteiger partial charge in [-0.2, -0.15) is 21.6 Å². The maximum Gasteiger partial charge on any atom is 0.516 e. The van der Waals surface area contributed by atoms with Gasteiger partial charge >= 0.3 is 15.5 Å². The van der Waals surface area contributed by atoms with Crippen LogP contribution in [-0.4, -0.2) is 13.9 Å². The Balaban J connectivity index is 2.00. The van der Waals surface area contributed by atoms with Crippen LogP contribution >= 0.6 is 11.6 Å². The molecule has 0 radical (unpaired) electrons. The molecule has 0 atom stereocenters. The summed E-state index contributed by atoms with van der Waals surface area (Å²) in [6, 6.07) is 9.17. The molecule has 2 aromatic carbocycles. The summed E-state index contributed by atoms with van der Waals surface area (Å²) in [6.07, 6.45) is 2.29. The van der Waals surface area contributed by atoms with E-state index in [0.717, 1.165) is 24.0 Å². The van der Waals surface area contributed by atoms with E-state index in [2.05, 4.69) is 0 Å². The number of hydrogen-bond acceptors (Lipinski definition) is 3. The number of rotatable bonds is 4. The summed E-state index contributed by atoms with van der Waals surface area (Å²) in [6.45, 7) is 0. The fourth-order valence-electron chi connectivity index (χ4n) is 2.60. The number of halogens is 4. The van der Waals surface area contributed by atoms with Gasteiger partial charge in [0.2, 0.25) is 0 Å². The van der Waals surface area contributed by atoms with E-state index in [1.54, 1.807) is 22.9 Å². The first-order valence-corrected chi connectivity index (χ1v) is 9.20. The standard InChI is InChI=1S/C16H13ClF3NO3S/c17-12-4-6-13(7-5-12)24-15-9-11-3-1-2-10(11)8-14(15)21-25(22,23)16(18,19)20/h4-9,21H,1-3H2. The van der Waals surface area contributed by atoms with Gasteiger partial charge in [0, 0.05) is 5.02 Å². The number of benzene rings is 2. The molecule has 0 aliphatic heterocycles. The van der Waals surface area contributed by atoms with E-state index in [1.165, 1.54) is 18.2 Å². The number of alkyl halides is 3. The number of nitrogens with one attached hydrogen (secondary N) is 1. The molecule has 25 heavy (non-hydrogen) atoms. The van der Waals surface area contributed by atoms with Crippen LogP contribution in [-0.2, 0) is 22.9 Å². The molecular weight excluding hydrogens is 379 g/mol. The molecule has 0 saturated carbocycles. The van der Waals surface area contributed by atoms with Crippen LogP contribution in [0.3, 0.4) is 0 Å². The van der Waals surface area contributed by atoms with Gasteiger partial charge in [0.05, 0.1) is 5.69 Å². The van der Waals surface area contributed by atoms with Crippen molar-refractivity contribution in [2.24, 2.45) is 0 Å². The minimum absolute atomic E-state index is 0.01000. The molecule has 0 spiro atoms. The van der Waals surface area contributed by atoms with E-state index in [0.29, 0.717) is 17.2 Å². The molecule has 0 saturated heterocycles. The van der Waals surface area contributed by atoms with Gasteiger partial charge in [-0.05, 0) is 66.8 Å². The number of fused-ring (bicyclic) bond motifs is 1. The third kappa shape index (κ3) is 3.85. The summed E-state index contributed by atoms with van der Waals surface area (Å²) in [4.78, 5) is 0. The minimum Gasteiger partial charge on any atom is -0.455 e. The molecule has 9 heteroatoms. The van der Waals surface area contributed by atoms with Crippen LogP contribution in [0.2, 0.25) is 5.02 Å². The second-order valence-electron chi connectivity index (χ2n) is 5.58. The lowest BCUT2D eigenvalue weighted by molar-refractivity contribution is -0.0429. The average Bonchev–Trinajstić information content (AvgIpc) is 2.95. The highest BCUT2D eigenvalue weighted by Gasteiger charge is 2.46. The lowest BCUT2D eigenvalue weighted by Gasteiger charge is -2.16. The van der Waals surface area contributed by atoms with Crippen LogP contribution in [0.25, 0.3) is 0 Å². The Morgan fingerprint density at radius 1 is 1.04 bits per heavy atom. The highest BCUT2D eigenvalue weighted by atomic mass is 35.5. The van der Waals surface area contributed by atoms with E-state index < -0.39 is 15.5 Å². The molecule has 2 aromatic rings. The van der Waals surface area contributed by atoms with E-state index in [-0.39, 0.29) is 11.4 Å². The van der Waals surface area contributed by atoms with Gasteiger partial charge in [0.1, 0.15) is 5.75 Å². The SMILES string of the molecule is O=S(=O)(Nc1cc2c(cc1Oc1ccc(Cl)cc1)CCC2)C(F)(F)F. The highest BCUT2D eigenvalue weighted by Crippen LogP contribution is 2.38. The van der Waals surface area contributed by atoms with Crippen molar-refractivity contribution in [2.45, 2.75) is 24.8 Å². The molecule has 0 bridgehead atoms. The Labute approximate surface area is 147 Å². The van der Waals surface area contributed by atoms with Crippen LogP contribution in [0.5, 0.6) is 11.5 Å². The average molecular weight is 392 g/mol. The normalized spacial score (nSPS) is 14.2. The fraction of sp³-hybridized carbons (Fsp3) is 0.250. The van der Waals surface area contributed by atoms with Crippen molar-refractivity contribution < 1.29 is 26.3 Å². The van der Waals surface area contributed by atoms with Crippen LogP contribution in [0.1, 0.15) is 17.5 Å². The van der Waals surface area contributed by atoms with Crippen LogP contribution < -0.4 is 9.46 Å². The molecule has 134 valence electrons. The van der Waals surface area contributed by atoms with Crippen molar-refractivity contribution in [3.05, 3.63) is 52.5 Å². The second-order valence-corrected chi connectivity index (χ2v) is 7.69. The fourth-order valence-corrected chi connectivity index (χ4v) is 3.29. The third-order valence-corrected chi connectivity index (χ3v) is 5.13. The zero-order chi connectivity index (χ0) is 18.2. The van der Waals surface area contributed by atoms with Crippen LogP contribution in [0.15, 0.2) is 36.4 Å². The van der Waals surface area contributed by atoms with E-state index in [9.17, 15) is 21.6 Å². The van der Waals surface area contributed by atoms with Gasteiger partial charge in [-0.25, -0.2) is 0 Å². The maximum atomic E-state index is 12.7. The van der Waals surface area contributed by atoms with Crippen LogP contribution in [0.4, 0.5) is 18.9 Å². The van der Waals surface area contributed by atoms with Crippen molar-refractivity contribution in [1.29, 1.82) is 0 Å². The minimum atomic E-state index is -5.54. The molecule has 0 unspecified atom stereocenters. The zero-order valence-corrected chi connectivity index (χ0v) is 14.3. The Hall–Kier alpha value is -1.93. The smallest absolute Gasteiger partial charge is 0.455 e. The topological polar surface area (TPSA) is 55.4 Å². The summed E-state index contributed by atoms with van der Waals surface area (Å²) in [5.41, 5.74) is -3.92. The number of hydrogen-bond donors (Lipinski definition) is 1. The van der Waals surface area contributed by atoms with Crippen molar-refractivity contribution in [1.82, 2.24) is 0 Å². The van der Waals surface area contributed by atoms with Gasteiger partial charge in [0.15, 0.2) is 5.75 Å². The summed E-state index contributed by atoms with van der Waals surface area (Å²) >= 11 is 5.79. The number of anilines is 1. The Bertz CT molecular complexity index is 896. The monoisotopic (exact) mass is 391 g/mol. The van der Waals surface area contributed by atoms with E-state index in [4.69, 9.17) is 16.3 Å². The largest absolute Gasteiger partial charge is 0.516 e. The van der Waals surface area contributed by atoms with Gasteiger partial charge in [-0.15, -0.1) is 0 Å². The first kappa shape index (κ1) is 17.9. The predicted octanol–water partition coefficient (Wildman–Crippen LogP) is 4.88. The third-order valence-electron chi connectivity index (χ3n) is 3.78. The molecule has 1 aliphatic carbocycles. The van der Waals surface area contributed by atoms with Crippen LogP contribution in [0, 0.1) is 0 Å². The van der Waals surface area contributed by atoms with Gasteiger partial charge < -0.3 is 4.74 Å². The first-order valence-electron chi connectivity index (χ1n) is 7.34. The molecular formula is C16H13ClF3NO3S. The van der Waals surface area contributed by atoms with Gasteiger partial charge in [-0.3, -0.25) is 4.72 Å². The molecule has 1 aliphatic rings. The number of aryl methyl sites for hydroxylation is 2. The molecule has 4 nitrogen and oxygen atoms in total. The Morgan fingerprint density at radius 3 is 2.24 bits per heavy atom. The summed E-state index contributed by atoms with van der Waals surface area (Å²) in [5, 5.41) is 0.472. The molecule has 3 rings (SSSR count). The number of ether oxygens (including phenoxy) is 1. The Morgan fingerprint density at radius 2 is 1.64 bits per heavy atom. The van der Waals surface area contributed by atoms with Crippen molar-refractivity contribution in [3.8, 4) is 11.5 Å². The summed E-state index contributed by atoms with van der Waals surface area (Å²) in [7, 11) is -5.54. The van der Waals surface area contributed by atoms with Gasteiger partial charge in [-0.1, -0.05) is 11.6 Å². The number of sulfonamides is 1. The highest BCUT2D eigenvalue weighted by molar-refractivity contribution is 7.93. The molecule has 0 amide bonds. The van der Waals surface area contributed by atoms with Crippen molar-refractivity contribution >= 4 is 27.3 Å². The maximum absolute atomic E-state index is 12.7. The first-order chi connectivity index (χ1) is 11.7. The molecule has 1 N–H and O–H groups in total. The lowest BCUT2D eigenvalue weighted by Crippen LogP contribution is -2.30. The lowest BCUT2D eigenvalue weighted by atomic mass is 10.1. The van der Waals surface area contributed by atoms with Crippen molar-refractivity contribution in [2.75, 3.05) is 4.72 Å². The zero-order valence-electron chi connectivity index (χ0n) is 12.7. The van der Waals surface area contributed by atoms with Gasteiger partial charge in [0.25, 0.3) is 0 Å². The van der Waals surface area contributed by atoms with Crippen molar-refractivity contribution in [3.63, 3.8) is 0 Å². The predicted molar refractivity (Wildman–Crippen MR) is 88.6 cm³/mol. The molecule has 0 fully saturated rings. The quantitative estimate of drug-likeness (QED) is 0.807. The molecule has 0 aromatic heterocycles. The van der Waals surface area contributed by atoms with E-state index in [1.807, 2.05) is 0 Å². The molecule has 0 heterocycles. The Kier molecular flexibility index (Phi) is 4.59. The van der Waals surface area contributed by atoms with E-state index >= 15 is 0 Å². The second kappa shape index (κ2) is 6.42.